The molecule has 0 aromatic heterocycles. The van der Waals surface area contributed by atoms with Gasteiger partial charge in [-0.2, -0.15) is 0 Å². The lowest BCUT2D eigenvalue weighted by atomic mass is 9.91. The fourth-order valence-electron chi connectivity index (χ4n) is 3.80. The van der Waals surface area contributed by atoms with E-state index in [1.807, 2.05) is 13.8 Å². The highest BCUT2D eigenvalue weighted by Crippen LogP contribution is 2.37. The second-order valence-electron chi connectivity index (χ2n) is 8.66. The van der Waals surface area contributed by atoms with Gasteiger partial charge in [0.15, 0.2) is 17.3 Å². The second-order valence-corrected chi connectivity index (χ2v) is 8.66. The van der Waals surface area contributed by atoms with E-state index in [2.05, 4.69) is 10.6 Å². The third-order valence-corrected chi connectivity index (χ3v) is 5.61. The topological polar surface area (TPSA) is 114 Å². The maximum Gasteiger partial charge on any atom is 0.325 e. The summed E-state index contributed by atoms with van der Waals surface area (Å²) in [6, 6.07) is 10.7. The predicted molar refractivity (Wildman–Crippen MR) is 119 cm³/mol. The Morgan fingerprint density at radius 2 is 1.79 bits per heavy atom. The van der Waals surface area contributed by atoms with Gasteiger partial charge in [0.25, 0.3) is 5.91 Å². The van der Waals surface area contributed by atoms with Crippen molar-refractivity contribution in [1.29, 1.82) is 0 Å². The quantitative estimate of drug-likeness (QED) is 0.494. The number of anilines is 1. The van der Waals surface area contributed by atoms with E-state index in [0.717, 1.165) is 4.90 Å². The first-order valence-corrected chi connectivity index (χ1v) is 10.6. The zero-order chi connectivity index (χ0) is 23.8. The lowest BCUT2D eigenvalue weighted by Gasteiger charge is -2.22. The Hall–Kier alpha value is -3.88. The van der Waals surface area contributed by atoms with Crippen molar-refractivity contribution >= 4 is 29.3 Å². The molecule has 0 saturated carbocycles. The number of rotatable bonds is 7. The molecule has 2 aliphatic rings. The second kappa shape index (κ2) is 8.57. The van der Waals surface area contributed by atoms with Gasteiger partial charge in [-0.25, -0.2) is 4.79 Å². The highest BCUT2D eigenvalue weighted by atomic mass is 16.7. The SMILES string of the molecule is CC(C)CC(=O)Nc1ccc(C(=O)CN2C(=O)N[C@](C)(c3ccc4c(c3)OCO4)C2=O)cc1. The van der Waals surface area contributed by atoms with Crippen LogP contribution < -0.4 is 20.1 Å². The molecule has 0 unspecified atom stereocenters. The molecule has 9 nitrogen and oxygen atoms in total. The van der Waals surface area contributed by atoms with Crippen LogP contribution in [-0.2, 0) is 15.1 Å². The van der Waals surface area contributed by atoms with Crippen LogP contribution in [0.25, 0.3) is 0 Å². The van der Waals surface area contributed by atoms with Crippen molar-refractivity contribution in [3.05, 3.63) is 53.6 Å². The van der Waals surface area contributed by atoms with E-state index in [1.165, 1.54) is 0 Å². The molecule has 2 heterocycles. The van der Waals surface area contributed by atoms with Gasteiger partial charge in [-0.3, -0.25) is 19.3 Å². The normalized spacial score (nSPS) is 19.1. The highest BCUT2D eigenvalue weighted by Gasteiger charge is 2.49. The number of benzene rings is 2. The van der Waals surface area contributed by atoms with Gasteiger partial charge in [-0.15, -0.1) is 0 Å². The molecule has 1 saturated heterocycles. The molecule has 2 aliphatic heterocycles. The minimum Gasteiger partial charge on any atom is -0.454 e. The Labute approximate surface area is 191 Å². The lowest BCUT2D eigenvalue weighted by molar-refractivity contribution is -0.130. The fourth-order valence-corrected chi connectivity index (χ4v) is 3.80. The molecule has 172 valence electrons. The highest BCUT2D eigenvalue weighted by molar-refractivity contribution is 6.11. The molecule has 0 bridgehead atoms. The molecule has 4 rings (SSSR count). The van der Waals surface area contributed by atoms with Crippen LogP contribution in [0.3, 0.4) is 0 Å². The van der Waals surface area contributed by atoms with E-state index in [1.54, 1.807) is 49.4 Å². The Morgan fingerprint density at radius 1 is 1.09 bits per heavy atom. The summed E-state index contributed by atoms with van der Waals surface area (Å²) in [5.41, 5.74) is 0.0985. The first-order chi connectivity index (χ1) is 15.7. The number of urea groups is 1. The third-order valence-electron chi connectivity index (χ3n) is 5.61. The molecule has 33 heavy (non-hydrogen) atoms. The molecule has 2 aromatic rings. The van der Waals surface area contributed by atoms with Crippen LogP contribution in [0.5, 0.6) is 11.5 Å². The van der Waals surface area contributed by atoms with Gasteiger partial charge >= 0.3 is 6.03 Å². The molecule has 1 fully saturated rings. The summed E-state index contributed by atoms with van der Waals surface area (Å²) in [6.45, 7) is 5.19. The van der Waals surface area contributed by atoms with Crippen LogP contribution in [0.4, 0.5) is 10.5 Å². The van der Waals surface area contributed by atoms with Gasteiger partial charge in [0.05, 0.1) is 6.54 Å². The summed E-state index contributed by atoms with van der Waals surface area (Å²) in [5, 5.41) is 5.46. The first kappa shape index (κ1) is 22.3. The number of imide groups is 1. The van der Waals surface area contributed by atoms with Crippen LogP contribution in [0.15, 0.2) is 42.5 Å². The maximum atomic E-state index is 13.1. The molecule has 2 N–H and O–H groups in total. The summed E-state index contributed by atoms with van der Waals surface area (Å²) in [4.78, 5) is 51.3. The van der Waals surface area contributed by atoms with Crippen molar-refractivity contribution in [2.75, 3.05) is 18.7 Å². The number of ketones is 1. The Bertz CT molecular complexity index is 1130. The summed E-state index contributed by atoms with van der Waals surface area (Å²) < 4.78 is 10.7. The third kappa shape index (κ3) is 4.39. The van der Waals surface area contributed by atoms with E-state index < -0.39 is 29.8 Å². The molecule has 0 aliphatic carbocycles. The predicted octanol–water partition coefficient (Wildman–Crippen LogP) is 3.05. The zero-order valence-corrected chi connectivity index (χ0v) is 18.6. The summed E-state index contributed by atoms with van der Waals surface area (Å²) in [6.07, 6.45) is 0.398. The Balaban J connectivity index is 1.44. The number of nitrogens with one attached hydrogen (secondary N) is 2. The maximum absolute atomic E-state index is 13.1. The van der Waals surface area contributed by atoms with Crippen molar-refractivity contribution in [2.24, 2.45) is 5.92 Å². The lowest BCUT2D eigenvalue weighted by Crippen LogP contribution is -2.41. The molecular formula is C24H25N3O6. The van der Waals surface area contributed by atoms with Crippen molar-refractivity contribution in [3.63, 3.8) is 0 Å². The standard InChI is InChI=1S/C24H25N3O6/c1-14(2)10-21(29)25-17-7-4-15(5-8-17)18(28)12-27-22(30)24(3,26-23(27)31)16-6-9-19-20(11-16)33-13-32-19/h4-9,11,14H,10,12-13H2,1-3H3,(H,25,29)(H,26,31)/t24-/m1/s1. The first-order valence-electron chi connectivity index (χ1n) is 10.6. The zero-order valence-electron chi connectivity index (χ0n) is 18.6. The van der Waals surface area contributed by atoms with Crippen LogP contribution in [0.2, 0.25) is 0 Å². The number of ether oxygens (including phenoxy) is 2. The number of hydrogen-bond acceptors (Lipinski definition) is 6. The van der Waals surface area contributed by atoms with Crippen molar-refractivity contribution in [1.82, 2.24) is 10.2 Å². The summed E-state index contributed by atoms with van der Waals surface area (Å²) in [5.74, 6) is 0.260. The van der Waals surface area contributed by atoms with Gasteiger partial charge in [-0.1, -0.05) is 19.9 Å². The van der Waals surface area contributed by atoms with Gasteiger partial charge < -0.3 is 20.1 Å². The van der Waals surface area contributed by atoms with Crippen LogP contribution >= 0.6 is 0 Å². The average molecular weight is 451 g/mol. The minimum absolute atomic E-state index is 0.0939. The minimum atomic E-state index is -1.33. The molecule has 0 radical (unpaired) electrons. The van der Waals surface area contributed by atoms with Crippen molar-refractivity contribution < 1.29 is 28.7 Å². The van der Waals surface area contributed by atoms with Crippen LogP contribution in [0, 0.1) is 5.92 Å². The average Bonchev–Trinajstić information content (AvgIpc) is 3.32. The van der Waals surface area contributed by atoms with E-state index in [9.17, 15) is 19.2 Å². The Morgan fingerprint density at radius 3 is 2.48 bits per heavy atom. The summed E-state index contributed by atoms with van der Waals surface area (Å²) in [7, 11) is 0. The molecule has 0 spiro atoms. The van der Waals surface area contributed by atoms with Crippen molar-refractivity contribution in [2.45, 2.75) is 32.7 Å². The molecule has 2 aromatic carbocycles. The Kier molecular flexibility index (Phi) is 5.80. The number of carbonyl (C=O) groups is 4. The van der Waals surface area contributed by atoms with E-state index in [0.29, 0.717) is 34.7 Å². The number of nitrogens with zero attached hydrogens (tertiary/aromatic N) is 1. The van der Waals surface area contributed by atoms with Gasteiger partial charge in [0, 0.05) is 17.7 Å². The van der Waals surface area contributed by atoms with Gasteiger partial charge in [-0.05, 0) is 54.8 Å². The van der Waals surface area contributed by atoms with E-state index in [4.69, 9.17) is 9.47 Å². The molecular weight excluding hydrogens is 426 g/mol. The van der Waals surface area contributed by atoms with Crippen molar-refractivity contribution in [3.8, 4) is 11.5 Å². The molecule has 9 heteroatoms. The number of carbonyl (C=O) groups excluding carboxylic acids is 4. The molecule has 4 amide bonds. The van der Waals surface area contributed by atoms with Gasteiger partial charge in [0.2, 0.25) is 12.7 Å². The van der Waals surface area contributed by atoms with E-state index in [-0.39, 0.29) is 18.6 Å². The fraction of sp³-hybridized carbons (Fsp3) is 0.333. The largest absolute Gasteiger partial charge is 0.454 e. The number of amides is 4. The molecule has 1 atom stereocenters. The number of fused-ring (bicyclic) bond motifs is 1. The van der Waals surface area contributed by atoms with Gasteiger partial charge in [0.1, 0.15) is 5.54 Å². The number of hydrogen-bond donors (Lipinski definition) is 2. The van der Waals surface area contributed by atoms with Crippen LogP contribution in [-0.4, -0.2) is 41.9 Å². The monoisotopic (exact) mass is 451 g/mol. The van der Waals surface area contributed by atoms with E-state index >= 15 is 0 Å². The number of Topliss-reactive ketones (excluding diaryl/α,β-unsaturated/α-hetero) is 1. The smallest absolute Gasteiger partial charge is 0.325 e. The van der Waals surface area contributed by atoms with Crippen LogP contribution in [0.1, 0.15) is 43.1 Å². The summed E-state index contributed by atoms with van der Waals surface area (Å²) >= 11 is 0.